The van der Waals surface area contributed by atoms with Gasteiger partial charge in [0.15, 0.2) is 5.75 Å². The second-order valence-corrected chi connectivity index (χ2v) is 18.1. The minimum absolute atomic E-state index is 0.000391. The van der Waals surface area contributed by atoms with Gasteiger partial charge < -0.3 is 24.8 Å². The molecular formula is C42H69N3O6S. The summed E-state index contributed by atoms with van der Waals surface area (Å²) in [5, 5.41) is 0. The van der Waals surface area contributed by atoms with E-state index >= 15 is 0 Å². The van der Waals surface area contributed by atoms with Crippen LogP contribution in [-0.2, 0) is 25.0 Å². The number of sulfonamides is 1. The van der Waals surface area contributed by atoms with Crippen LogP contribution in [0, 0.1) is 5.41 Å². The average Bonchev–Trinajstić information content (AvgIpc) is 3.06. The molecule has 294 valence electrons. The number of nitrogen functional groups attached to an aromatic ring is 1. The first kappa shape index (κ1) is 43.4. The molecule has 2 aromatic carbocycles. The zero-order chi connectivity index (χ0) is 38.2. The van der Waals surface area contributed by atoms with E-state index in [1.165, 1.54) is 90.0 Å². The van der Waals surface area contributed by atoms with E-state index in [2.05, 4.69) is 46.3 Å². The van der Waals surface area contributed by atoms with E-state index in [0.717, 1.165) is 24.8 Å². The molecule has 1 fully saturated rings. The van der Waals surface area contributed by atoms with E-state index in [0.29, 0.717) is 50.0 Å². The van der Waals surface area contributed by atoms with Crippen molar-refractivity contribution in [2.45, 2.75) is 155 Å². The number of carbonyl (C=O) groups excluding carboxylic acids is 1. The van der Waals surface area contributed by atoms with Gasteiger partial charge in [-0.05, 0) is 47.9 Å². The molecule has 0 aliphatic carbocycles. The number of hydrogen-bond donors (Lipinski definition) is 2. The van der Waals surface area contributed by atoms with Gasteiger partial charge in [0.05, 0.1) is 31.2 Å². The molecule has 1 aliphatic heterocycles. The van der Waals surface area contributed by atoms with Gasteiger partial charge >= 0.3 is 5.97 Å². The van der Waals surface area contributed by atoms with E-state index in [4.69, 9.17) is 19.9 Å². The van der Waals surface area contributed by atoms with Gasteiger partial charge in [-0.3, -0.25) is 9.52 Å². The van der Waals surface area contributed by atoms with E-state index in [9.17, 15) is 13.2 Å². The molecule has 1 aliphatic rings. The number of ether oxygens (including phenoxy) is 3. The lowest BCUT2D eigenvalue weighted by Crippen LogP contribution is -2.37. The molecule has 0 amide bonds. The zero-order valence-electron chi connectivity index (χ0n) is 33.4. The molecule has 0 radical (unpaired) electrons. The molecule has 1 saturated heterocycles. The predicted octanol–water partition coefficient (Wildman–Crippen LogP) is 10.4. The van der Waals surface area contributed by atoms with Crippen molar-refractivity contribution in [2.24, 2.45) is 5.41 Å². The molecule has 0 spiro atoms. The van der Waals surface area contributed by atoms with Crippen LogP contribution < -0.4 is 24.8 Å². The number of hydrogen-bond acceptors (Lipinski definition) is 8. The summed E-state index contributed by atoms with van der Waals surface area (Å²) < 4.78 is 48.7. The van der Waals surface area contributed by atoms with Crippen LogP contribution in [0.25, 0.3) is 0 Å². The maximum absolute atomic E-state index is 14.1. The first-order valence-corrected chi connectivity index (χ1v) is 21.4. The van der Waals surface area contributed by atoms with Crippen LogP contribution >= 0.6 is 0 Å². The smallest absolute Gasteiger partial charge is 0.308 e. The van der Waals surface area contributed by atoms with Crippen molar-refractivity contribution >= 4 is 33.1 Å². The van der Waals surface area contributed by atoms with Crippen molar-refractivity contribution in [3.63, 3.8) is 0 Å². The summed E-state index contributed by atoms with van der Waals surface area (Å²) >= 11 is 0. The lowest BCUT2D eigenvalue weighted by Gasteiger charge is -2.34. The molecule has 10 heteroatoms. The predicted molar refractivity (Wildman–Crippen MR) is 215 cm³/mol. The van der Waals surface area contributed by atoms with Crippen molar-refractivity contribution in [3.8, 4) is 11.5 Å². The third-order valence-electron chi connectivity index (χ3n) is 9.66. The molecule has 3 rings (SSSR count). The Kier molecular flexibility index (Phi) is 17.6. The van der Waals surface area contributed by atoms with Crippen LogP contribution in [0.15, 0.2) is 35.2 Å². The molecule has 0 aromatic heterocycles. The van der Waals surface area contributed by atoms with E-state index < -0.39 is 16.0 Å². The fraction of sp³-hybridized carbons (Fsp3) is 0.690. The summed E-state index contributed by atoms with van der Waals surface area (Å²) in [5.41, 5.74) is 7.61. The molecule has 1 heterocycles. The van der Waals surface area contributed by atoms with Crippen molar-refractivity contribution in [2.75, 3.05) is 48.3 Å². The van der Waals surface area contributed by atoms with Gasteiger partial charge in [-0.2, -0.15) is 0 Å². The highest BCUT2D eigenvalue weighted by atomic mass is 32.2. The molecular weight excluding hydrogens is 675 g/mol. The molecule has 0 bridgehead atoms. The van der Waals surface area contributed by atoms with Crippen LogP contribution in [0.3, 0.4) is 0 Å². The lowest BCUT2D eigenvalue weighted by atomic mass is 9.72. The number of nitrogens with zero attached hydrogens (tertiary/aromatic N) is 1. The van der Waals surface area contributed by atoms with Crippen molar-refractivity contribution in [1.82, 2.24) is 0 Å². The Morgan fingerprint density at radius 3 is 1.92 bits per heavy atom. The van der Waals surface area contributed by atoms with Crippen molar-refractivity contribution in [1.29, 1.82) is 0 Å². The van der Waals surface area contributed by atoms with Crippen LogP contribution in [0.1, 0.15) is 150 Å². The van der Waals surface area contributed by atoms with Gasteiger partial charge in [0.25, 0.3) is 10.0 Å². The van der Waals surface area contributed by atoms with Crippen LogP contribution in [-0.4, -0.2) is 47.3 Å². The SMILES string of the molecule is CCCCCCCCCCCCCCCCOc1cc(NS(=O)(=O)c2cc(N)ccc2N2CCOCC2)c(OC(C)=O)cc1C(C)(C)CC(C)(C)C. The molecule has 9 nitrogen and oxygen atoms in total. The van der Waals surface area contributed by atoms with Gasteiger partial charge in [-0.1, -0.05) is 125 Å². The number of morpholine rings is 1. The highest BCUT2D eigenvalue weighted by molar-refractivity contribution is 7.93. The minimum Gasteiger partial charge on any atom is -0.493 e. The number of esters is 1. The van der Waals surface area contributed by atoms with Crippen LogP contribution in [0.2, 0.25) is 0 Å². The van der Waals surface area contributed by atoms with E-state index in [1.54, 1.807) is 24.3 Å². The highest BCUT2D eigenvalue weighted by Gasteiger charge is 2.33. The minimum atomic E-state index is -4.18. The van der Waals surface area contributed by atoms with Crippen molar-refractivity contribution < 1.29 is 27.4 Å². The summed E-state index contributed by atoms with van der Waals surface area (Å²) in [6.45, 7) is 17.1. The normalized spacial score (nSPS) is 14.0. The van der Waals surface area contributed by atoms with Crippen molar-refractivity contribution in [3.05, 3.63) is 35.9 Å². The topological polar surface area (TPSA) is 120 Å². The Morgan fingerprint density at radius 1 is 0.827 bits per heavy atom. The standard InChI is InChI=1S/C42H69N3O6S/c1-8-9-10-11-12-13-14-15-16-17-18-19-20-21-26-50-38-31-36(39(51-33(2)46)30-35(38)42(6,7)32-41(3,4)5)44-52(47,48)40-29-34(43)22-23-37(40)45-24-27-49-28-25-45/h22-23,29-31,44H,8-21,24-28,32,43H2,1-7H3. The van der Waals surface area contributed by atoms with Crippen LogP contribution in [0.4, 0.5) is 17.1 Å². The van der Waals surface area contributed by atoms with Gasteiger partial charge in [0.1, 0.15) is 10.6 Å². The Bertz CT molecular complexity index is 1500. The second-order valence-electron chi connectivity index (χ2n) is 16.4. The van der Waals surface area contributed by atoms with Gasteiger partial charge in [-0.25, -0.2) is 8.42 Å². The third kappa shape index (κ3) is 14.8. The maximum Gasteiger partial charge on any atom is 0.308 e. The Labute approximate surface area is 315 Å². The first-order chi connectivity index (χ1) is 24.6. The number of nitrogens with one attached hydrogen (secondary N) is 1. The second kappa shape index (κ2) is 21.0. The quantitative estimate of drug-likeness (QED) is 0.0500. The summed E-state index contributed by atoms with van der Waals surface area (Å²) in [5.74, 6) is 0.168. The first-order valence-electron chi connectivity index (χ1n) is 19.9. The third-order valence-corrected chi connectivity index (χ3v) is 11.1. The van der Waals surface area contributed by atoms with E-state index in [1.807, 2.05) is 4.90 Å². The lowest BCUT2D eigenvalue weighted by molar-refractivity contribution is -0.131. The van der Waals surface area contributed by atoms with E-state index in [-0.39, 0.29) is 27.2 Å². The molecule has 0 atom stereocenters. The summed E-state index contributed by atoms with van der Waals surface area (Å²) in [7, 11) is -4.18. The summed E-state index contributed by atoms with van der Waals surface area (Å²) in [6.07, 6.45) is 18.7. The number of carbonyl (C=O) groups is 1. The van der Waals surface area contributed by atoms with Crippen LogP contribution in [0.5, 0.6) is 11.5 Å². The molecule has 3 N–H and O–H groups in total. The summed E-state index contributed by atoms with van der Waals surface area (Å²) in [6, 6.07) is 8.34. The number of rotatable bonds is 23. The molecule has 0 saturated carbocycles. The highest BCUT2D eigenvalue weighted by Crippen LogP contribution is 2.45. The maximum atomic E-state index is 14.1. The Balaban J connectivity index is 1.76. The number of benzene rings is 2. The average molecular weight is 744 g/mol. The molecule has 52 heavy (non-hydrogen) atoms. The number of nitrogens with two attached hydrogens (primary N) is 1. The fourth-order valence-electron chi connectivity index (χ4n) is 7.44. The zero-order valence-corrected chi connectivity index (χ0v) is 34.2. The molecule has 0 unspecified atom stereocenters. The Hall–Kier alpha value is -2.98. The van der Waals surface area contributed by atoms with Gasteiger partial charge in [0, 0.05) is 37.3 Å². The largest absolute Gasteiger partial charge is 0.493 e. The number of unbranched alkanes of at least 4 members (excludes halogenated alkanes) is 13. The monoisotopic (exact) mass is 743 g/mol. The summed E-state index contributed by atoms with van der Waals surface area (Å²) in [4.78, 5) is 14.4. The molecule has 2 aromatic rings. The number of anilines is 3. The van der Waals surface area contributed by atoms with Gasteiger partial charge in [-0.15, -0.1) is 0 Å². The van der Waals surface area contributed by atoms with Gasteiger partial charge in [0.2, 0.25) is 0 Å². The Morgan fingerprint density at radius 2 is 1.38 bits per heavy atom. The fourth-order valence-corrected chi connectivity index (χ4v) is 8.76.